The topological polar surface area (TPSA) is 83.0 Å². The standard InChI is InChI=1S/C26H35N3O4/c1-25(2,3)33-24(32)29-15-9-20-4-10-26(23(30)31,17-21(20)18-29)16-19-7-13-28(14-8-19)22-5-11-27-12-6-22/h4-6,10-12,17,19-20H,7-9,13-16,18H2,1-3H3,(H,30,31). The Morgan fingerprint density at radius 1 is 1.15 bits per heavy atom. The van der Waals surface area contributed by atoms with Crippen molar-refractivity contribution in [1.29, 1.82) is 0 Å². The third-order valence-electron chi connectivity index (χ3n) is 6.95. The summed E-state index contributed by atoms with van der Waals surface area (Å²) in [5.41, 5.74) is 0.631. The van der Waals surface area contributed by atoms with Crippen molar-refractivity contribution in [1.82, 2.24) is 9.88 Å². The molecule has 7 heteroatoms. The number of anilines is 1. The number of rotatable bonds is 4. The van der Waals surface area contributed by atoms with Crippen molar-refractivity contribution in [3.05, 3.63) is 48.3 Å². The van der Waals surface area contributed by atoms with Crippen LogP contribution in [-0.2, 0) is 9.53 Å². The summed E-state index contributed by atoms with van der Waals surface area (Å²) >= 11 is 0. The molecule has 178 valence electrons. The van der Waals surface area contributed by atoms with E-state index in [2.05, 4.69) is 16.0 Å². The molecular formula is C26H35N3O4. The highest BCUT2D eigenvalue weighted by Crippen LogP contribution is 2.42. The monoisotopic (exact) mass is 453 g/mol. The van der Waals surface area contributed by atoms with E-state index < -0.39 is 17.0 Å². The van der Waals surface area contributed by atoms with Crippen LogP contribution in [0.5, 0.6) is 0 Å². The van der Waals surface area contributed by atoms with Crippen molar-refractivity contribution in [3.63, 3.8) is 0 Å². The molecule has 2 aliphatic heterocycles. The number of likely N-dealkylation sites (tertiary alicyclic amines) is 1. The smallest absolute Gasteiger partial charge is 0.410 e. The first-order valence-electron chi connectivity index (χ1n) is 11.9. The summed E-state index contributed by atoms with van der Waals surface area (Å²) in [6.07, 6.45) is 12.5. The largest absolute Gasteiger partial charge is 0.480 e. The molecule has 4 rings (SSSR count). The highest BCUT2D eigenvalue weighted by molar-refractivity contribution is 5.80. The fourth-order valence-corrected chi connectivity index (χ4v) is 5.19. The minimum atomic E-state index is -1.01. The van der Waals surface area contributed by atoms with Crippen molar-refractivity contribution in [2.75, 3.05) is 31.1 Å². The number of hydrogen-bond acceptors (Lipinski definition) is 5. The summed E-state index contributed by atoms with van der Waals surface area (Å²) in [6.45, 7) is 8.45. The maximum absolute atomic E-state index is 12.6. The number of aromatic nitrogens is 1. The van der Waals surface area contributed by atoms with E-state index in [1.165, 1.54) is 5.69 Å². The van der Waals surface area contributed by atoms with E-state index in [0.717, 1.165) is 37.9 Å². The average Bonchev–Trinajstić information content (AvgIpc) is 2.78. The normalized spacial score (nSPS) is 25.9. The third kappa shape index (κ3) is 5.40. The number of ether oxygens (including phenoxy) is 1. The van der Waals surface area contributed by atoms with Gasteiger partial charge < -0.3 is 19.6 Å². The van der Waals surface area contributed by atoms with Crippen LogP contribution in [-0.4, -0.2) is 58.8 Å². The summed E-state index contributed by atoms with van der Waals surface area (Å²) in [5.74, 6) is -0.275. The van der Waals surface area contributed by atoms with E-state index in [0.29, 0.717) is 25.4 Å². The molecule has 33 heavy (non-hydrogen) atoms. The van der Waals surface area contributed by atoms with Crippen LogP contribution in [0.15, 0.2) is 48.3 Å². The van der Waals surface area contributed by atoms with Crippen molar-refractivity contribution >= 4 is 17.7 Å². The fourth-order valence-electron chi connectivity index (χ4n) is 5.19. The van der Waals surface area contributed by atoms with Crippen LogP contribution in [0.4, 0.5) is 10.5 Å². The molecule has 0 spiro atoms. The van der Waals surface area contributed by atoms with E-state index in [4.69, 9.17) is 4.74 Å². The summed E-state index contributed by atoms with van der Waals surface area (Å²) in [4.78, 5) is 33.2. The molecular weight excluding hydrogens is 418 g/mol. The zero-order valence-electron chi connectivity index (χ0n) is 19.9. The Kier molecular flexibility index (Phi) is 6.50. The van der Waals surface area contributed by atoms with Gasteiger partial charge in [0.2, 0.25) is 0 Å². The zero-order valence-corrected chi connectivity index (χ0v) is 19.9. The molecule has 7 nitrogen and oxygen atoms in total. The van der Waals surface area contributed by atoms with Gasteiger partial charge in [-0.05, 0) is 70.1 Å². The number of hydrogen-bond donors (Lipinski definition) is 1. The maximum atomic E-state index is 12.6. The molecule has 1 aromatic heterocycles. The van der Waals surface area contributed by atoms with Gasteiger partial charge in [0.15, 0.2) is 0 Å². The molecule has 0 radical (unpaired) electrons. The molecule has 0 saturated carbocycles. The lowest BCUT2D eigenvalue weighted by Crippen LogP contribution is -2.44. The second kappa shape index (κ2) is 9.20. The number of amides is 1. The second-order valence-corrected chi connectivity index (χ2v) is 10.6. The number of carboxylic acid groups (broad SMARTS) is 1. The third-order valence-corrected chi connectivity index (χ3v) is 6.95. The predicted molar refractivity (Wildman–Crippen MR) is 127 cm³/mol. The van der Waals surface area contributed by atoms with Crippen LogP contribution in [0.25, 0.3) is 0 Å². The van der Waals surface area contributed by atoms with E-state index in [1.807, 2.05) is 45.1 Å². The molecule has 3 heterocycles. The van der Waals surface area contributed by atoms with Gasteiger partial charge in [-0.1, -0.05) is 18.2 Å². The first-order valence-corrected chi connectivity index (χ1v) is 11.9. The SMILES string of the molecule is CC(C)(C)OC(=O)N1CCC2C=CC(CC3CCN(c4ccncc4)CC3)(C(=O)O)C=C2C1. The Balaban J connectivity index is 1.44. The molecule has 1 N–H and O–H groups in total. The van der Waals surface area contributed by atoms with Crippen LogP contribution in [0.3, 0.4) is 0 Å². The van der Waals surface area contributed by atoms with E-state index in [-0.39, 0.29) is 12.0 Å². The molecule has 1 aliphatic carbocycles. The molecule has 2 atom stereocenters. The van der Waals surface area contributed by atoms with Gasteiger partial charge in [0.1, 0.15) is 11.0 Å². The van der Waals surface area contributed by atoms with Crippen molar-refractivity contribution in [2.24, 2.45) is 17.3 Å². The first kappa shape index (κ1) is 23.3. The predicted octanol–water partition coefficient (Wildman–Crippen LogP) is 4.51. The Labute approximate surface area is 196 Å². The molecule has 2 saturated heterocycles. The minimum absolute atomic E-state index is 0.199. The summed E-state index contributed by atoms with van der Waals surface area (Å²) in [6, 6.07) is 4.04. The summed E-state index contributed by atoms with van der Waals surface area (Å²) in [5, 5.41) is 10.2. The average molecular weight is 454 g/mol. The maximum Gasteiger partial charge on any atom is 0.410 e. The number of nitrogens with zero attached hydrogens (tertiary/aromatic N) is 3. The van der Waals surface area contributed by atoms with Crippen molar-refractivity contribution in [3.8, 4) is 0 Å². The highest BCUT2D eigenvalue weighted by atomic mass is 16.6. The number of carbonyl (C=O) groups is 2. The molecule has 2 fully saturated rings. The van der Waals surface area contributed by atoms with Gasteiger partial charge in [0.05, 0.1) is 0 Å². The lowest BCUT2D eigenvalue weighted by Gasteiger charge is -2.40. The summed E-state index contributed by atoms with van der Waals surface area (Å²) in [7, 11) is 0. The van der Waals surface area contributed by atoms with Crippen molar-refractivity contribution < 1.29 is 19.4 Å². The molecule has 3 aliphatic rings. The van der Waals surface area contributed by atoms with Crippen LogP contribution >= 0.6 is 0 Å². The van der Waals surface area contributed by atoms with Crippen LogP contribution in [0.1, 0.15) is 46.5 Å². The van der Waals surface area contributed by atoms with E-state index in [1.54, 1.807) is 17.3 Å². The molecule has 1 amide bonds. The van der Waals surface area contributed by atoms with Gasteiger partial charge in [-0.25, -0.2) is 4.79 Å². The Morgan fingerprint density at radius 2 is 1.85 bits per heavy atom. The number of allylic oxidation sites excluding steroid dienone is 1. The van der Waals surface area contributed by atoms with Gasteiger partial charge in [-0.3, -0.25) is 9.78 Å². The number of aliphatic carboxylic acids is 1. The number of piperidine rings is 2. The molecule has 0 bridgehead atoms. The van der Waals surface area contributed by atoms with E-state index >= 15 is 0 Å². The zero-order chi connectivity index (χ0) is 23.6. The van der Waals surface area contributed by atoms with Crippen LogP contribution in [0.2, 0.25) is 0 Å². The van der Waals surface area contributed by atoms with Gasteiger partial charge >= 0.3 is 12.1 Å². The Morgan fingerprint density at radius 3 is 2.48 bits per heavy atom. The number of fused-ring (bicyclic) bond motifs is 1. The lowest BCUT2D eigenvalue weighted by molar-refractivity contribution is -0.144. The Bertz CT molecular complexity index is 929. The molecule has 1 aromatic rings. The van der Waals surface area contributed by atoms with E-state index in [9.17, 15) is 14.7 Å². The molecule has 2 unspecified atom stereocenters. The van der Waals surface area contributed by atoms with Crippen LogP contribution in [0, 0.1) is 17.3 Å². The second-order valence-electron chi connectivity index (χ2n) is 10.6. The Hall–Kier alpha value is -2.83. The van der Waals surface area contributed by atoms with Crippen molar-refractivity contribution in [2.45, 2.75) is 52.1 Å². The quantitative estimate of drug-likeness (QED) is 0.676. The number of pyridine rings is 1. The number of carboxylic acids is 1. The molecule has 0 aromatic carbocycles. The lowest BCUT2D eigenvalue weighted by atomic mass is 9.70. The van der Waals surface area contributed by atoms with Gasteiger partial charge in [0.25, 0.3) is 0 Å². The highest BCUT2D eigenvalue weighted by Gasteiger charge is 2.42. The number of carbonyl (C=O) groups excluding carboxylic acids is 1. The first-order chi connectivity index (χ1) is 15.7. The summed E-state index contributed by atoms with van der Waals surface area (Å²) < 4.78 is 5.54. The van der Waals surface area contributed by atoms with Gasteiger partial charge in [0, 0.05) is 50.2 Å². The van der Waals surface area contributed by atoms with Crippen LogP contribution < -0.4 is 4.90 Å². The fraction of sp³-hybridized carbons (Fsp3) is 0.577. The minimum Gasteiger partial charge on any atom is -0.480 e. The van der Waals surface area contributed by atoms with Gasteiger partial charge in [-0.2, -0.15) is 0 Å². The van der Waals surface area contributed by atoms with Gasteiger partial charge in [-0.15, -0.1) is 0 Å².